The first-order valence-corrected chi connectivity index (χ1v) is 6.81. The van der Waals surface area contributed by atoms with Crippen LogP contribution in [0.15, 0.2) is 0 Å². The van der Waals surface area contributed by atoms with Crippen molar-refractivity contribution >= 4 is 17.5 Å². The molecule has 0 aliphatic heterocycles. The number of anilines is 1. The minimum absolute atomic E-state index is 0.0518. The molecule has 1 heterocycles. The summed E-state index contributed by atoms with van der Waals surface area (Å²) in [7, 11) is 0. The van der Waals surface area contributed by atoms with Gasteiger partial charge in [-0.25, -0.2) is 0 Å². The molecule has 0 radical (unpaired) electrons. The smallest absolute Gasteiger partial charge is 0.274 e. The number of nitrogens with zero attached hydrogens (tertiary/aromatic N) is 2. The summed E-state index contributed by atoms with van der Waals surface area (Å²) in [4.78, 5) is 25.4. The van der Waals surface area contributed by atoms with E-state index in [9.17, 15) is 9.59 Å². The maximum Gasteiger partial charge on any atom is 0.274 e. The van der Waals surface area contributed by atoms with Crippen LogP contribution in [-0.2, 0) is 4.79 Å². The first kappa shape index (κ1) is 16.0. The molecular formula is C13H23N5O2. The fraction of sp³-hybridized carbons (Fsp3) is 0.615. The molecule has 4 N–H and O–H groups in total. The SMILES string of the molecule is CCN(CC)C(=O)CNC(=O)c1n[nH]c(C(C)C)c1N. The molecule has 0 saturated carbocycles. The highest BCUT2D eigenvalue weighted by molar-refractivity contribution is 5.99. The molecule has 0 unspecified atom stereocenters. The highest BCUT2D eigenvalue weighted by Gasteiger charge is 2.20. The molecule has 0 bridgehead atoms. The number of carbonyl (C=O) groups excluding carboxylic acids is 2. The summed E-state index contributed by atoms with van der Waals surface area (Å²) in [5.74, 6) is -0.408. The number of amides is 2. The van der Waals surface area contributed by atoms with Gasteiger partial charge in [0, 0.05) is 13.1 Å². The third-order valence-electron chi connectivity index (χ3n) is 3.14. The van der Waals surface area contributed by atoms with Crippen LogP contribution in [-0.4, -0.2) is 46.5 Å². The van der Waals surface area contributed by atoms with Gasteiger partial charge in [0.2, 0.25) is 5.91 Å². The fourth-order valence-corrected chi connectivity index (χ4v) is 1.91. The number of H-pyrrole nitrogens is 1. The van der Waals surface area contributed by atoms with Gasteiger partial charge in [-0.05, 0) is 19.8 Å². The molecule has 0 saturated heterocycles. The van der Waals surface area contributed by atoms with Crippen LogP contribution in [0.3, 0.4) is 0 Å². The number of rotatable bonds is 6. The van der Waals surface area contributed by atoms with E-state index in [-0.39, 0.29) is 24.1 Å². The number of nitrogen functional groups attached to an aromatic ring is 1. The Kier molecular flexibility index (Phi) is 5.54. The number of hydrogen-bond acceptors (Lipinski definition) is 4. The molecule has 7 nitrogen and oxygen atoms in total. The van der Waals surface area contributed by atoms with Gasteiger partial charge in [-0.3, -0.25) is 14.7 Å². The predicted molar refractivity (Wildman–Crippen MR) is 77.4 cm³/mol. The van der Waals surface area contributed by atoms with Crippen molar-refractivity contribution in [2.24, 2.45) is 0 Å². The second kappa shape index (κ2) is 6.93. The van der Waals surface area contributed by atoms with E-state index in [0.29, 0.717) is 18.8 Å². The molecule has 0 aliphatic rings. The molecular weight excluding hydrogens is 258 g/mol. The topological polar surface area (TPSA) is 104 Å². The minimum Gasteiger partial charge on any atom is -0.395 e. The van der Waals surface area contributed by atoms with E-state index >= 15 is 0 Å². The van der Waals surface area contributed by atoms with Crippen molar-refractivity contribution in [1.29, 1.82) is 0 Å². The number of hydrogen-bond donors (Lipinski definition) is 3. The van der Waals surface area contributed by atoms with Crippen molar-refractivity contribution in [1.82, 2.24) is 20.4 Å². The summed E-state index contributed by atoms with van der Waals surface area (Å²) in [6.07, 6.45) is 0. The molecule has 112 valence electrons. The van der Waals surface area contributed by atoms with Gasteiger partial charge in [0.05, 0.1) is 17.9 Å². The van der Waals surface area contributed by atoms with Gasteiger partial charge < -0.3 is 16.0 Å². The molecule has 1 aromatic heterocycles. The van der Waals surface area contributed by atoms with Crippen molar-refractivity contribution in [2.75, 3.05) is 25.4 Å². The Labute approximate surface area is 118 Å². The zero-order chi connectivity index (χ0) is 15.3. The third kappa shape index (κ3) is 3.49. The van der Waals surface area contributed by atoms with Crippen LogP contribution >= 0.6 is 0 Å². The monoisotopic (exact) mass is 281 g/mol. The van der Waals surface area contributed by atoms with Crippen LogP contribution in [0.5, 0.6) is 0 Å². The number of aromatic amines is 1. The van der Waals surface area contributed by atoms with Crippen LogP contribution in [0.1, 0.15) is 49.8 Å². The van der Waals surface area contributed by atoms with Crippen LogP contribution in [0.25, 0.3) is 0 Å². The Balaban J connectivity index is 2.66. The third-order valence-corrected chi connectivity index (χ3v) is 3.14. The van der Waals surface area contributed by atoms with Crippen LogP contribution in [0.2, 0.25) is 0 Å². The molecule has 20 heavy (non-hydrogen) atoms. The molecule has 0 atom stereocenters. The van der Waals surface area contributed by atoms with Gasteiger partial charge in [0.25, 0.3) is 5.91 Å². The summed E-state index contributed by atoms with van der Waals surface area (Å²) in [6.45, 7) is 8.88. The highest BCUT2D eigenvalue weighted by atomic mass is 16.2. The molecule has 0 spiro atoms. The minimum atomic E-state index is -0.439. The van der Waals surface area contributed by atoms with Gasteiger partial charge in [-0.2, -0.15) is 5.10 Å². The van der Waals surface area contributed by atoms with E-state index in [1.165, 1.54) is 0 Å². The lowest BCUT2D eigenvalue weighted by Gasteiger charge is -2.18. The molecule has 0 aromatic carbocycles. The zero-order valence-corrected chi connectivity index (χ0v) is 12.5. The number of nitrogens with one attached hydrogen (secondary N) is 2. The van der Waals surface area contributed by atoms with Crippen molar-refractivity contribution in [3.63, 3.8) is 0 Å². The number of aromatic nitrogens is 2. The molecule has 1 rings (SSSR count). The average Bonchev–Trinajstić information content (AvgIpc) is 2.79. The number of likely N-dealkylation sites (N-methyl/N-ethyl adjacent to an activating group) is 1. The lowest BCUT2D eigenvalue weighted by atomic mass is 10.1. The van der Waals surface area contributed by atoms with Gasteiger partial charge >= 0.3 is 0 Å². The van der Waals surface area contributed by atoms with Gasteiger partial charge in [-0.15, -0.1) is 0 Å². The highest BCUT2D eigenvalue weighted by Crippen LogP contribution is 2.21. The molecule has 0 fully saturated rings. The van der Waals surface area contributed by atoms with E-state index in [2.05, 4.69) is 15.5 Å². The standard InChI is InChI=1S/C13H23N5O2/c1-5-18(6-2)9(19)7-15-13(20)12-10(14)11(8(3)4)16-17-12/h8H,5-7,14H2,1-4H3,(H,15,20)(H,16,17). The Hall–Kier alpha value is -2.05. The van der Waals surface area contributed by atoms with Crippen LogP contribution in [0, 0.1) is 0 Å². The van der Waals surface area contributed by atoms with E-state index < -0.39 is 5.91 Å². The van der Waals surface area contributed by atoms with E-state index in [0.717, 1.165) is 5.69 Å². The van der Waals surface area contributed by atoms with Crippen LogP contribution in [0.4, 0.5) is 5.69 Å². The zero-order valence-electron chi connectivity index (χ0n) is 12.5. The Morgan fingerprint density at radius 2 is 1.95 bits per heavy atom. The quantitative estimate of drug-likeness (QED) is 0.714. The Morgan fingerprint density at radius 3 is 2.40 bits per heavy atom. The second-order valence-electron chi connectivity index (χ2n) is 4.80. The van der Waals surface area contributed by atoms with Gasteiger partial charge in [0.15, 0.2) is 5.69 Å². The second-order valence-corrected chi connectivity index (χ2v) is 4.80. The van der Waals surface area contributed by atoms with Crippen molar-refractivity contribution in [2.45, 2.75) is 33.6 Å². The summed E-state index contributed by atoms with van der Waals surface area (Å²) in [5, 5.41) is 9.22. The first-order valence-electron chi connectivity index (χ1n) is 6.81. The molecule has 1 aromatic rings. The maximum atomic E-state index is 12.0. The molecule has 0 aliphatic carbocycles. The largest absolute Gasteiger partial charge is 0.395 e. The van der Waals surface area contributed by atoms with Gasteiger partial charge in [0.1, 0.15) is 0 Å². The van der Waals surface area contributed by atoms with Gasteiger partial charge in [-0.1, -0.05) is 13.8 Å². The first-order chi connectivity index (χ1) is 9.42. The predicted octanol–water partition coefficient (Wildman–Crippen LogP) is 0.713. The van der Waals surface area contributed by atoms with Crippen LogP contribution < -0.4 is 11.1 Å². The summed E-state index contributed by atoms with van der Waals surface area (Å²) >= 11 is 0. The number of nitrogens with two attached hydrogens (primary N) is 1. The Bertz CT molecular complexity index is 477. The van der Waals surface area contributed by atoms with E-state index in [1.54, 1.807) is 4.90 Å². The summed E-state index contributed by atoms with van der Waals surface area (Å²) in [5.41, 5.74) is 7.08. The van der Waals surface area contributed by atoms with Crippen molar-refractivity contribution in [3.8, 4) is 0 Å². The normalized spacial score (nSPS) is 10.7. The molecule has 2 amide bonds. The van der Waals surface area contributed by atoms with Crippen molar-refractivity contribution < 1.29 is 9.59 Å². The lowest BCUT2D eigenvalue weighted by molar-refractivity contribution is -0.129. The summed E-state index contributed by atoms with van der Waals surface area (Å²) in [6, 6.07) is 0. The fourth-order valence-electron chi connectivity index (χ4n) is 1.91. The van der Waals surface area contributed by atoms with Crippen molar-refractivity contribution in [3.05, 3.63) is 11.4 Å². The summed E-state index contributed by atoms with van der Waals surface area (Å²) < 4.78 is 0. The Morgan fingerprint density at radius 1 is 1.35 bits per heavy atom. The van der Waals surface area contributed by atoms with E-state index in [4.69, 9.17) is 5.73 Å². The maximum absolute atomic E-state index is 12.0. The molecule has 7 heteroatoms. The van der Waals surface area contributed by atoms with E-state index in [1.807, 2.05) is 27.7 Å². The lowest BCUT2D eigenvalue weighted by Crippen LogP contribution is -2.40. The average molecular weight is 281 g/mol. The number of carbonyl (C=O) groups is 2.